The van der Waals surface area contributed by atoms with E-state index >= 15 is 0 Å². The first kappa shape index (κ1) is 13.8. The van der Waals surface area contributed by atoms with Crippen LogP contribution in [0.25, 0.3) is 11.1 Å². The van der Waals surface area contributed by atoms with E-state index in [9.17, 15) is 8.42 Å². The average Bonchev–Trinajstić information content (AvgIpc) is 2.69. The average molecular weight is 280 g/mol. The first-order valence-corrected chi connectivity index (χ1v) is 7.47. The Morgan fingerprint density at radius 1 is 1.21 bits per heavy atom. The molecular formula is C13H16N2O3S. The van der Waals surface area contributed by atoms with Crippen molar-refractivity contribution in [1.82, 2.24) is 9.88 Å². The maximum Gasteiger partial charge on any atom is 0.240 e. The Hall–Kier alpha value is -1.66. The topological polar surface area (TPSA) is 72.2 Å². The standard InChI is InChI=1S/C13H16N2O3S/c1-4-14-19(16,17)12-7-5-11(6-8-12)13-9(2)15-18-10(13)3/h5-8,14H,4H2,1-3H3. The van der Waals surface area contributed by atoms with Crippen molar-refractivity contribution in [2.45, 2.75) is 25.7 Å². The van der Waals surface area contributed by atoms with Crippen LogP contribution in [0.2, 0.25) is 0 Å². The minimum absolute atomic E-state index is 0.255. The van der Waals surface area contributed by atoms with E-state index in [1.54, 1.807) is 31.2 Å². The van der Waals surface area contributed by atoms with Crippen molar-refractivity contribution in [3.8, 4) is 11.1 Å². The summed E-state index contributed by atoms with van der Waals surface area (Å²) in [5.41, 5.74) is 2.60. The zero-order valence-corrected chi connectivity index (χ0v) is 11.9. The second-order valence-electron chi connectivity index (χ2n) is 4.22. The highest BCUT2D eigenvalue weighted by molar-refractivity contribution is 7.89. The van der Waals surface area contributed by atoms with Crippen LogP contribution in [-0.4, -0.2) is 20.1 Å². The van der Waals surface area contributed by atoms with E-state index in [0.29, 0.717) is 6.54 Å². The molecule has 0 spiro atoms. The summed E-state index contributed by atoms with van der Waals surface area (Å²) in [6.07, 6.45) is 0. The largest absolute Gasteiger partial charge is 0.361 e. The highest BCUT2D eigenvalue weighted by Gasteiger charge is 2.15. The number of nitrogens with one attached hydrogen (secondary N) is 1. The van der Waals surface area contributed by atoms with Gasteiger partial charge >= 0.3 is 0 Å². The molecule has 6 heteroatoms. The minimum Gasteiger partial charge on any atom is -0.361 e. The second-order valence-corrected chi connectivity index (χ2v) is 5.99. The molecule has 1 aromatic carbocycles. The van der Waals surface area contributed by atoms with Crippen molar-refractivity contribution < 1.29 is 12.9 Å². The normalized spacial score (nSPS) is 11.7. The van der Waals surface area contributed by atoms with Gasteiger partial charge in [-0.05, 0) is 31.5 Å². The van der Waals surface area contributed by atoms with Crippen LogP contribution < -0.4 is 4.72 Å². The molecule has 0 aliphatic rings. The molecule has 0 aliphatic heterocycles. The number of nitrogens with zero attached hydrogens (tertiary/aromatic N) is 1. The van der Waals surface area contributed by atoms with Crippen LogP contribution in [0.4, 0.5) is 0 Å². The second kappa shape index (κ2) is 5.14. The highest BCUT2D eigenvalue weighted by Crippen LogP contribution is 2.27. The maximum absolute atomic E-state index is 11.8. The molecule has 0 bridgehead atoms. The number of hydrogen-bond acceptors (Lipinski definition) is 4. The molecule has 0 atom stereocenters. The van der Waals surface area contributed by atoms with Crippen LogP contribution in [0.5, 0.6) is 0 Å². The van der Waals surface area contributed by atoms with Gasteiger partial charge in [-0.2, -0.15) is 0 Å². The quantitative estimate of drug-likeness (QED) is 0.932. The van der Waals surface area contributed by atoms with Gasteiger partial charge in [-0.3, -0.25) is 0 Å². The fraction of sp³-hybridized carbons (Fsp3) is 0.308. The summed E-state index contributed by atoms with van der Waals surface area (Å²) < 4.78 is 31.2. The lowest BCUT2D eigenvalue weighted by Crippen LogP contribution is -2.22. The van der Waals surface area contributed by atoms with Gasteiger partial charge in [0, 0.05) is 12.1 Å². The first-order valence-electron chi connectivity index (χ1n) is 5.98. The molecule has 0 fully saturated rings. The molecule has 0 aliphatic carbocycles. The van der Waals surface area contributed by atoms with Crippen molar-refractivity contribution in [3.05, 3.63) is 35.7 Å². The summed E-state index contributed by atoms with van der Waals surface area (Å²) in [4.78, 5) is 0.255. The Labute approximate surface area is 112 Å². The number of rotatable bonds is 4. The van der Waals surface area contributed by atoms with E-state index in [2.05, 4.69) is 9.88 Å². The van der Waals surface area contributed by atoms with Crippen LogP contribution in [-0.2, 0) is 10.0 Å². The number of benzene rings is 1. The lowest BCUT2D eigenvalue weighted by molar-refractivity contribution is 0.393. The van der Waals surface area contributed by atoms with E-state index in [-0.39, 0.29) is 4.90 Å². The van der Waals surface area contributed by atoms with Crippen molar-refractivity contribution in [2.24, 2.45) is 0 Å². The maximum atomic E-state index is 11.8. The Morgan fingerprint density at radius 2 is 1.84 bits per heavy atom. The van der Waals surface area contributed by atoms with Gasteiger partial charge in [-0.1, -0.05) is 24.2 Å². The Morgan fingerprint density at radius 3 is 2.32 bits per heavy atom. The fourth-order valence-corrected chi connectivity index (χ4v) is 3.01. The lowest BCUT2D eigenvalue weighted by atomic mass is 10.0. The highest BCUT2D eigenvalue weighted by atomic mass is 32.2. The molecule has 1 heterocycles. The summed E-state index contributed by atoms with van der Waals surface area (Å²) in [6, 6.07) is 6.69. The molecular weight excluding hydrogens is 264 g/mol. The predicted molar refractivity (Wildman–Crippen MR) is 72.3 cm³/mol. The zero-order valence-electron chi connectivity index (χ0n) is 11.1. The van der Waals surface area contributed by atoms with Crippen molar-refractivity contribution in [3.63, 3.8) is 0 Å². The molecule has 2 rings (SSSR count). The molecule has 5 nitrogen and oxygen atoms in total. The number of hydrogen-bond donors (Lipinski definition) is 1. The van der Waals surface area contributed by atoms with Gasteiger partial charge < -0.3 is 4.52 Å². The molecule has 0 unspecified atom stereocenters. The van der Waals surface area contributed by atoms with Crippen LogP contribution in [0, 0.1) is 13.8 Å². The predicted octanol–water partition coefficient (Wildman–Crippen LogP) is 2.26. The first-order chi connectivity index (χ1) is 8.95. The Balaban J connectivity index is 2.40. The van der Waals surface area contributed by atoms with E-state index in [4.69, 9.17) is 4.52 Å². The van der Waals surface area contributed by atoms with Gasteiger partial charge in [0.05, 0.1) is 10.6 Å². The van der Waals surface area contributed by atoms with Gasteiger partial charge in [0.2, 0.25) is 10.0 Å². The number of aromatic nitrogens is 1. The van der Waals surface area contributed by atoms with Crippen LogP contribution in [0.1, 0.15) is 18.4 Å². The molecule has 19 heavy (non-hydrogen) atoms. The smallest absolute Gasteiger partial charge is 0.240 e. The van der Waals surface area contributed by atoms with Crippen molar-refractivity contribution in [2.75, 3.05) is 6.54 Å². The van der Waals surface area contributed by atoms with Gasteiger partial charge in [0.25, 0.3) is 0 Å². The summed E-state index contributed by atoms with van der Waals surface area (Å²) >= 11 is 0. The summed E-state index contributed by atoms with van der Waals surface area (Å²) in [6.45, 7) is 5.80. The van der Waals surface area contributed by atoms with E-state index < -0.39 is 10.0 Å². The number of sulfonamides is 1. The van der Waals surface area contributed by atoms with Crippen LogP contribution >= 0.6 is 0 Å². The molecule has 0 radical (unpaired) electrons. The van der Waals surface area contributed by atoms with Gasteiger partial charge in [0.1, 0.15) is 5.76 Å². The van der Waals surface area contributed by atoms with Gasteiger partial charge in [0.15, 0.2) is 0 Å². The van der Waals surface area contributed by atoms with E-state index in [1.807, 2.05) is 13.8 Å². The molecule has 1 N–H and O–H groups in total. The molecule has 2 aromatic rings. The zero-order chi connectivity index (χ0) is 14.0. The molecule has 0 saturated carbocycles. The number of aryl methyl sites for hydroxylation is 2. The molecule has 0 saturated heterocycles. The summed E-state index contributed by atoms with van der Waals surface area (Å²) in [7, 11) is -3.41. The molecule has 1 aromatic heterocycles. The minimum atomic E-state index is -3.41. The van der Waals surface area contributed by atoms with E-state index in [0.717, 1.165) is 22.6 Å². The third kappa shape index (κ3) is 2.69. The van der Waals surface area contributed by atoms with Crippen LogP contribution in [0.15, 0.2) is 33.7 Å². The van der Waals surface area contributed by atoms with Gasteiger partial charge in [-0.15, -0.1) is 0 Å². The molecule has 102 valence electrons. The Kier molecular flexibility index (Phi) is 3.73. The van der Waals surface area contributed by atoms with E-state index in [1.165, 1.54) is 0 Å². The van der Waals surface area contributed by atoms with Gasteiger partial charge in [-0.25, -0.2) is 13.1 Å². The third-order valence-electron chi connectivity index (χ3n) is 2.82. The summed E-state index contributed by atoms with van der Waals surface area (Å²) in [5.74, 6) is 0.722. The lowest BCUT2D eigenvalue weighted by Gasteiger charge is -2.05. The Bertz CT molecular complexity index is 653. The van der Waals surface area contributed by atoms with Crippen LogP contribution in [0.3, 0.4) is 0 Å². The fourth-order valence-electron chi connectivity index (χ4n) is 1.97. The monoisotopic (exact) mass is 280 g/mol. The van der Waals surface area contributed by atoms with Crippen molar-refractivity contribution >= 4 is 10.0 Å². The SMILES string of the molecule is CCNS(=O)(=O)c1ccc(-c2c(C)noc2C)cc1. The third-order valence-corrected chi connectivity index (χ3v) is 4.38. The molecule has 0 amide bonds. The van der Waals surface area contributed by atoms with Crippen molar-refractivity contribution in [1.29, 1.82) is 0 Å². The summed E-state index contributed by atoms with van der Waals surface area (Å²) in [5, 5.41) is 3.89.